The van der Waals surface area contributed by atoms with Crippen LogP contribution in [-0.2, 0) is 4.79 Å². The van der Waals surface area contributed by atoms with Crippen molar-refractivity contribution in [1.29, 1.82) is 0 Å². The Morgan fingerprint density at radius 1 is 1.25 bits per heavy atom. The van der Waals surface area contributed by atoms with Gasteiger partial charge in [-0.15, -0.1) is 0 Å². The molecule has 0 radical (unpaired) electrons. The molecule has 0 bridgehead atoms. The van der Waals surface area contributed by atoms with Gasteiger partial charge in [0, 0.05) is 0 Å². The summed E-state index contributed by atoms with van der Waals surface area (Å²) in [4.78, 5) is 23.0. The molecule has 2 rings (SSSR count). The molecule has 1 aliphatic carbocycles. The van der Waals surface area contributed by atoms with Crippen molar-refractivity contribution in [3.63, 3.8) is 0 Å². The first-order valence-corrected chi connectivity index (χ1v) is 6.17. The van der Waals surface area contributed by atoms with E-state index in [4.69, 9.17) is 0 Å². The second-order valence-electron chi connectivity index (χ2n) is 5.43. The average molecular weight is 224 g/mol. The Morgan fingerprint density at radius 3 is 2.56 bits per heavy atom. The van der Waals surface area contributed by atoms with Gasteiger partial charge in [-0.05, 0) is 31.1 Å². The highest BCUT2D eigenvalue weighted by Gasteiger charge is 2.46. The molecule has 4 nitrogen and oxygen atoms in total. The number of carbonyl (C=O) groups is 2. The highest BCUT2D eigenvalue weighted by molar-refractivity contribution is 6.07. The quantitative estimate of drug-likeness (QED) is 0.667. The lowest BCUT2D eigenvalue weighted by molar-refractivity contribution is -0.124. The minimum absolute atomic E-state index is 0.123. The molecule has 2 fully saturated rings. The summed E-state index contributed by atoms with van der Waals surface area (Å²) in [6, 6.07) is -0.326. The lowest BCUT2D eigenvalue weighted by Gasteiger charge is -2.24. The van der Waals surface area contributed by atoms with Crippen LogP contribution in [-0.4, -0.2) is 17.5 Å². The zero-order chi connectivity index (χ0) is 11.8. The summed E-state index contributed by atoms with van der Waals surface area (Å²) in [5.74, 6) is 1.22. The molecule has 4 heteroatoms. The van der Waals surface area contributed by atoms with Crippen LogP contribution in [0, 0.1) is 11.8 Å². The van der Waals surface area contributed by atoms with Crippen molar-refractivity contribution < 1.29 is 9.59 Å². The summed E-state index contributed by atoms with van der Waals surface area (Å²) in [5, 5.41) is 5.18. The van der Waals surface area contributed by atoms with Crippen molar-refractivity contribution in [1.82, 2.24) is 10.6 Å². The van der Waals surface area contributed by atoms with E-state index in [9.17, 15) is 9.59 Å². The van der Waals surface area contributed by atoms with Crippen LogP contribution < -0.4 is 10.6 Å². The van der Waals surface area contributed by atoms with Crippen LogP contribution >= 0.6 is 0 Å². The SMILES string of the molecule is CC(C)C1CCCC2(CC1)NC(=O)NC2=O. The fraction of sp³-hybridized carbons (Fsp3) is 0.833. The summed E-state index contributed by atoms with van der Waals surface area (Å²) < 4.78 is 0. The third kappa shape index (κ3) is 1.93. The Kier molecular flexibility index (Phi) is 2.91. The normalized spacial score (nSPS) is 35.1. The minimum Gasteiger partial charge on any atom is -0.323 e. The number of amides is 3. The van der Waals surface area contributed by atoms with Crippen LogP contribution in [0.4, 0.5) is 4.79 Å². The summed E-state index contributed by atoms with van der Waals surface area (Å²) in [6.07, 6.45) is 4.80. The zero-order valence-corrected chi connectivity index (χ0v) is 10.0. The molecule has 3 amide bonds. The van der Waals surface area contributed by atoms with Crippen molar-refractivity contribution in [2.24, 2.45) is 11.8 Å². The van der Waals surface area contributed by atoms with E-state index in [0.717, 1.165) is 25.7 Å². The maximum Gasteiger partial charge on any atom is 0.322 e. The molecule has 1 spiro atoms. The van der Waals surface area contributed by atoms with Gasteiger partial charge >= 0.3 is 6.03 Å². The van der Waals surface area contributed by atoms with Crippen LogP contribution in [0.15, 0.2) is 0 Å². The summed E-state index contributed by atoms with van der Waals surface area (Å²) in [6.45, 7) is 4.46. The highest BCUT2D eigenvalue weighted by atomic mass is 16.2. The lowest BCUT2D eigenvalue weighted by atomic mass is 9.86. The van der Waals surface area contributed by atoms with Gasteiger partial charge in [0.15, 0.2) is 0 Å². The van der Waals surface area contributed by atoms with Crippen LogP contribution in [0.5, 0.6) is 0 Å². The molecule has 2 unspecified atom stereocenters. The summed E-state index contributed by atoms with van der Waals surface area (Å²) in [5.41, 5.74) is -0.597. The first-order chi connectivity index (χ1) is 7.53. The third-order valence-electron chi connectivity index (χ3n) is 4.08. The zero-order valence-electron chi connectivity index (χ0n) is 10.0. The van der Waals surface area contributed by atoms with Crippen molar-refractivity contribution in [2.45, 2.75) is 51.5 Å². The highest BCUT2D eigenvalue weighted by Crippen LogP contribution is 2.35. The molecule has 0 aromatic rings. The van der Waals surface area contributed by atoms with E-state index in [1.807, 2.05) is 0 Å². The molecule has 1 saturated heterocycles. The predicted molar refractivity (Wildman–Crippen MR) is 60.8 cm³/mol. The number of rotatable bonds is 1. The molecule has 0 aromatic heterocycles. The van der Waals surface area contributed by atoms with Crippen molar-refractivity contribution in [3.05, 3.63) is 0 Å². The van der Waals surface area contributed by atoms with E-state index in [-0.39, 0.29) is 11.9 Å². The lowest BCUT2D eigenvalue weighted by Crippen LogP contribution is -2.46. The second kappa shape index (κ2) is 4.07. The predicted octanol–water partition coefficient (Wildman–Crippen LogP) is 1.80. The third-order valence-corrected chi connectivity index (χ3v) is 4.08. The largest absolute Gasteiger partial charge is 0.323 e. The van der Waals surface area contributed by atoms with E-state index < -0.39 is 5.54 Å². The standard InChI is InChI=1S/C12H20N2O2/c1-8(2)9-4-3-6-12(7-5-9)10(15)13-11(16)14-12/h8-9H,3-7H2,1-2H3,(H2,13,14,15,16). The Morgan fingerprint density at radius 2 is 2.00 bits per heavy atom. The summed E-state index contributed by atoms with van der Waals surface area (Å²) in [7, 11) is 0. The first-order valence-electron chi connectivity index (χ1n) is 6.17. The molecule has 90 valence electrons. The Hall–Kier alpha value is -1.06. The molecular weight excluding hydrogens is 204 g/mol. The smallest absolute Gasteiger partial charge is 0.322 e. The fourth-order valence-corrected chi connectivity index (χ4v) is 2.91. The maximum atomic E-state index is 11.8. The number of nitrogens with one attached hydrogen (secondary N) is 2. The molecule has 16 heavy (non-hydrogen) atoms. The second-order valence-corrected chi connectivity index (χ2v) is 5.43. The number of imide groups is 1. The van der Waals surface area contributed by atoms with Gasteiger partial charge < -0.3 is 5.32 Å². The molecule has 0 aromatic carbocycles. The number of hydrogen-bond donors (Lipinski definition) is 2. The molecule has 2 atom stereocenters. The number of hydrogen-bond acceptors (Lipinski definition) is 2. The Labute approximate surface area is 96.2 Å². The van der Waals surface area contributed by atoms with Crippen LogP contribution in [0.25, 0.3) is 0 Å². The van der Waals surface area contributed by atoms with Gasteiger partial charge in [-0.1, -0.05) is 26.7 Å². The monoisotopic (exact) mass is 224 g/mol. The Balaban J connectivity index is 2.08. The van der Waals surface area contributed by atoms with E-state index in [0.29, 0.717) is 11.8 Å². The van der Waals surface area contributed by atoms with E-state index in [1.165, 1.54) is 6.42 Å². The van der Waals surface area contributed by atoms with Gasteiger partial charge in [0.1, 0.15) is 5.54 Å². The molecule has 1 aliphatic heterocycles. The van der Waals surface area contributed by atoms with Crippen LogP contribution in [0.2, 0.25) is 0 Å². The van der Waals surface area contributed by atoms with Crippen molar-refractivity contribution >= 4 is 11.9 Å². The fourth-order valence-electron chi connectivity index (χ4n) is 2.91. The topological polar surface area (TPSA) is 58.2 Å². The molecule has 1 heterocycles. The van der Waals surface area contributed by atoms with Gasteiger partial charge in [-0.25, -0.2) is 4.79 Å². The van der Waals surface area contributed by atoms with E-state index in [2.05, 4.69) is 24.5 Å². The molecular formula is C12H20N2O2. The van der Waals surface area contributed by atoms with Gasteiger partial charge in [0.2, 0.25) is 0 Å². The van der Waals surface area contributed by atoms with Gasteiger partial charge in [-0.2, -0.15) is 0 Å². The van der Waals surface area contributed by atoms with Gasteiger partial charge in [0.05, 0.1) is 0 Å². The van der Waals surface area contributed by atoms with Gasteiger partial charge in [-0.3, -0.25) is 10.1 Å². The molecule has 2 aliphatic rings. The number of urea groups is 1. The Bertz CT molecular complexity index is 314. The van der Waals surface area contributed by atoms with E-state index in [1.54, 1.807) is 0 Å². The first kappa shape index (κ1) is 11.4. The van der Waals surface area contributed by atoms with Crippen molar-refractivity contribution in [3.8, 4) is 0 Å². The van der Waals surface area contributed by atoms with Crippen LogP contribution in [0.1, 0.15) is 46.0 Å². The molecule has 1 saturated carbocycles. The van der Waals surface area contributed by atoms with Crippen molar-refractivity contribution in [2.75, 3.05) is 0 Å². The van der Waals surface area contributed by atoms with Gasteiger partial charge in [0.25, 0.3) is 5.91 Å². The number of carbonyl (C=O) groups excluding carboxylic acids is 2. The minimum atomic E-state index is -0.597. The average Bonchev–Trinajstić information content (AvgIpc) is 2.37. The summed E-state index contributed by atoms with van der Waals surface area (Å²) >= 11 is 0. The maximum absolute atomic E-state index is 11.8. The molecule has 2 N–H and O–H groups in total. The van der Waals surface area contributed by atoms with Crippen LogP contribution in [0.3, 0.4) is 0 Å². The van der Waals surface area contributed by atoms with E-state index >= 15 is 0 Å².